The van der Waals surface area contributed by atoms with Crippen LogP contribution in [-0.4, -0.2) is 34.5 Å². The number of nitrogens with one attached hydrogen (secondary N) is 2. The topological polar surface area (TPSA) is 93.1 Å². The van der Waals surface area contributed by atoms with E-state index in [1.807, 2.05) is 0 Å². The highest BCUT2D eigenvalue weighted by Gasteiger charge is 2.22. The van der Waals surface area contributed by atoms with Gasteiger partial charge in [0.1, 0.15) is 5.56 Å². The Morgan fingerprint density at radius 1 is 1.24 bits per heavy atom. The number of pyridine rings is 2. The second-order valence-electron chi connectivity index (χ2n) is 6.11. The van der Waals surface area contributed by atoms with Crippen molar-refractivity contribution in [1.82, 2.24) is 20.2 Å². The maximum atomic E-state index is 12.6. The fourth-order valence-electron chi connectivity index (χ4n) is 2.68. The second-order valence-corrected chi connectivity index (χ2v) is 6.11. The van der Waals surface area contributed by atoms with Gasteiger partial charge >= 0.3 is 0 Å². The van der Waals surface area contributed by atoms with Gasteiger partial charge < -0.3 is 15.2 Å². The first-order valence-corrected chi connectivity index (χ1v) is 8.25. The second kappa shape index (κ2) is 7.29. The normalized spacial score (nSPS) is 13.8. The van der Waals surface area contributed by atoms with Crippen molar-refractivity contribution in [3.8, 4) is 0 Å². The molecular weight excluding hydrogens is 320 g/mol. The molecule has 1 saturated carbocycles. The van der Waals surface area contributed by atoms with Gasteiger partial charge in [-0.15, -0.1) is 0 Å². The van der Waals surface area contributed by atoms with E-state index in [1.54, 1.807) is 24.5 Å². The number of hydrogen-bond donors (Lipinski definition) is 2. The number of carbonyl (C=O) groups is 2. The quantitative estimate of drug-likeness (QED) is 0.847. The van der Waals surface area contributed by atoms with E-state index in [0.717, 1.165) is 24.8 Å². The van der Waals surface area contributed by atoms with Crippen LogP contribution in [0.4, 0.5) is 0 Å². The van der Waals surface area contributed by atoms with Gasteiger partial charge in [-0.2, -0.15) is 0 Å². The van der Waals surface area contributed by atoms with Crippen molar-refractivity contribution in [2.24, 2.45) is 0 Å². The Morgan fingerprint density at radius 2 is 1.96 bits per heavy atom. The molecule has 7 heteroatoms. The van der Waals surface area contributed by atoms with Crippen LogP contribution in [0.25, 0.3) is 0 Å². The zero-order valence-corrected chi connectivity index (χ0v) is 14.0. The van der Waals surface area contributed by atoms with E-state index in [-0.39, 0.29) is 24.1 Å². The molecule has 1 fully saturated rings. The lowest BCUT2D eigenvalue weighted by atomic mass is 9.93. The van der Waals surface area contributed by atoms with Gasteiger partial charge in [0.05, 0.1) is 12.1 Å². The third-order valence-corrected chi connectivity index (χ3v) is 4.36. The van der Waals surface area contributed by atoms with Crippen molar-refractivity contribution in [3.63, 3.8) is 0 Å². The highest BCUT2D eigenvalue weighted by atomic mass is 16.2. The summed E-state index contributed by atoms with van der Waals surface area (Å²) in [6.45, 7) is 0.260. The third kappa shape index (κ3) is 3.76. The van der Waals surface area contributed by atoms with Crippen LogP contribution in [-0.2, 0) is 6.54 Å². The molecular formula is C18H20N4O3. The third-order valence-electron chi connectivity index (χ3n) is 4.36. The lowest BCUT2D eigenvalue weighted by molar-refractivity contribution is 0.0916. The number of rotatable bonds is 5. The predicted molar refractivity (Wildman–Crippen MR) is 92.5 cm³/mol. The minimum atomic E-state index is -0.508. The summed E-state index contributed by atoms with van der Waals surface area (Å²) < 4.78 is 1.38. The molecule has 0 spiro atoms. The minimum Gasteiger partial charge on any atom is -0.355 e. The number of hydrogen-bond acceptors (Lipinski definition) is 4. The summed E-state index contributed by atoms with van der Waals surface area (Å²) in [6, 6.07) is 5.11. The summed E-state index contributed by atoms with van der Waals surface area (Å²) in [5.74, 6) is -0.773. The zero-order chi connectivity index (χ0) is 17.8. The number of amides is 2. The lowest BCUT2D eigenvalue weighted by Crippen LogP contribution is -2.40. The van der Waals surface area contributed by atoms with Gasteiger partial charge in [0.15, 0.2) is 0 Å². The number of aromatic nitrogens is 2. The smallest absolute Gasteiger partial charge is 0.263 e. The first kappa shape index (κ1) is 16.9. The Balaban J connectivity index is 1.97. The molecule has 2 aromatic rings. The molecule has 3 rings (SSSR count). The van der Waals surface area contributed by atoms with Gasteiger partial charge in [-0.1, -0.05) is 0 Å². The zero-order valence-electron chi connectivity index (χ0n) is 14.0. The Morgan fingerprint density at radius 3 is 2.56 bits per heavy atom. The van der Waals surface area contributed by atoms with E-state index >= 15 is 0 Å². The van der Waals surface area contributed by atoms with E-state index in [1.165, 1.54) is 23.9 Å². The highest BCUT2D eigenvalue weighted by Crippen LogP contribution is 2.18. The molecule has 0 aliphatic heterocycles. The van der Waals surface area contributed by atoms with E-state index in [4.69, 9.17) is 0 Å². The predicted octanol–water partition coefficient (Wildman–Crippen LogP) is 0.933. The number of carbonyl (C=O) groups excluding carboxylic acids is 2. The molecule has 2 N–H and O–H groups in total. The first-order valence-electron chi connectivity index (χ1n) is 8.25. The highest BCUT2D eigenvalue weighted by molar-refractivity contribution is 5.99. The van der Waals surface area contributed by atoms with E-state index in [0.29, 0.717) is 5.56 Å². The number of nitrogens with zero attached hydrogens (tertiary/aromatic N) is 2. The Labute approximate surface area is 145 Å². The van der Waals surface area contributed by atoms with Crippen LogP contribution in [0.3, 0.4) is 0 Å². The molecule has 25 heavy (non-hydrogen) atoms. The summed E-state index contributed by atoms with van der Waals surface area (Å²) in [6.07, 6.45) is 7.80. The molecule has 130 valence electrons. The molecule has 0 saturated heterocycles. The van der Waals surface area contributed by atoms with Crippen molar-refractivity contribution in [2.75, 3.05) is 7.05 Å². The summed E-state index contributed by atoms with van der Waals surface area (Å²) >= 11 is 0. The first-order chi connectivity index (χ1) is 12.1. The molecule has 2 heterocycles. The molecule has 0 bridgehead atoms. The van der Waals surface area contributed by atoms with E-state index in [2.05, 4.69) is 15.6 Å². The van der Waals surface area contributed by atoms with Gasteiger partial charge in [-0.25, -0.2) is 0 Å². The van der Waals surface area contributed by atoms with Crippen LogP contribution < -0.4 is 16.2 Å². The van der Waals surface area contributed by atoms with E-state index in [9.17, 15) is 14.4 Å². The van der Waals surface area contributed by atoms with Crippen molar-refractivity contribution in [3.05, 3.63) is 63.8 Å². The van der Waals surface area contributed by atoms with Crippen LogP contribution >= 0.6 is 0 Å². The van der Waals surface area contributed by atoms with Crippen LogP contribution in [0.1, 0.15) is 45.5 Å². The van der Waals surface area contributed by atoms with Gasteiger partial charge in [0, 0.05) is 31.7 Å². The molecule has 7 nitrogen and oxygen atoms in total. The van der Waals surface area contributed by atoms with E-state index < -0.39 is 11.5 Å². The van der Waals surface area contributed by atoms with Crippen LogP contribution in [0.15, 0.2) is 41.6 Å². The lowest BCUT2D eigenvalue weighted by Gasteiger charge is -2.26. The van der Waals surface area contributed by atoms with Gasteiger partial charge in [-0.05, 0) is 43.0 Å². The maximum absolute atomic E-state index is 12.6. The van der Waals surface area contributed by atoms with Crippen molar-refractivity contribution in [2.45, 2.75) is 31.8 Å². The molecule has 1 aliphatic carbocycles. The molecule has 2 amide bonds. The average Bonchev–Trinajstić information content (AvgIpc) is 2.60. The van der Waals surface area contributed by atoms with Crippen molar-refractivity contribution >= 4 is 11.8 Å². The summed E-state index contributed by atoms with van der Waals surface area (Å²) in [5, 5.41) is 5.38. The van der Waals surface area contributed by atoms with Crippen molar-refractivity contribution < 1.29 is 9.59 Å². The van der Waals surface area contributed by atoms with Crippen LogP contribution in [0.2, 0.25) is 0 Å². The minimum absolute atomic E-state index is 0.0437. The monoisotopic (exact) mass is 340 g/mol. The van der Waals surface area contributed by atoms with Gasteiger partial charge in [0.2, 0.25) is 0 Å². The van der Waals surface area contributed by atoms with Crippen LogP contribution in [0, 0.1) is 0 Å². The van der Waals surface area contributed by atoms with Gasteiger partial charge in [-0.3, -0.25) is 19.4 Å². The largest absolute Gasteiger partial charge is 0.355 e. The standard InChI is InChI=1S/C18H20N4O3/c1-19-17(24)15-9-13(16(23)21-14-3-2-4-14)11-22(18(15)25)10-12-5-7-20-8-6-12/h5-9,11,14H,2-4,10H2,1H3,(H,19,24)(H,21,23). The summed E-state index contributed by atoms with van der Waals surface area (Å²) in [4.78, 5) is 41.0. The Kier molecular flexibility index (Phi) is 4.92. The molecule has 0 radical (unpaired) electrons. The molecule has 1 aliphatic rings. The fraction of sp³-hybridized carbons (Fsp3) is 0.333. The summed E-state index contributed by atoms with van der Waals surface area (Å²) in [5.41, 5.74) is 0.685. The molecule has 0 aromatic carbocycles. The SMILES string of the molecule is CNC(=O)c1cc(C(=O)NC2CCC2)cn(Cc2ccncc2)c1=O. The average molecular weight is 340 g/mol. The molecule has 0 unspecified atom stereocenters. The van der Waals surface area contributed by atoms with Gasteiger partial charge in [0.25, 0.3) is 17.4 Å². The van der Waals surface area contributed by atoms with Crippen molar-refractivity contribution in [1.29, 1.82) is 0 Å². The summed E-state index contributed by atoms with van der Waals surface area (Å²) in [7, 11) is 1.45. The Hall–Kier alpha value is -2.96. The van der Waals surface area contributed by atoms with Crippen LogP contribution in [0.5, 0.6) is 0 Å². The molecule has 0 atom stereocenters. The fourth-order valence-corrected chi connectivity index (χ4v) is 2.68. The Bertz CT molecular complexity index is 841. The maximum Gasteiger partial charge on any atom is 0.263 e. The molecule has 2 aromatic heterocycles.